The van der Waals surface area contributed by atoms with Crippen LogP contribution in [0.1, 0.15) is 27.7 Å². The maximum atomic E-state index is 11.7. The Morgan fingerprint density at radius 1 is 1.50 bits per heavy atom. The molecule has 1 fully saturated rings. The predicted octanol–water partition coefficient (Wildman–Crippen LogP) is 0.658. The van der Waals surface area contributed by atoms with Crippen LogP contribution in [0.2, 0.25) is 0 Å². The van der Waals surface area contributed by atoms with Gasteiger partial charge in [-0.2, -0.15) is 0 Å². The largest absolute Gasteiger partial charge is 0.458 e. The second kappa shape index (κ2) is 5.60. The Labute approximate surface area is 110 Å². The topological polar surface area (TPSA) is 84.5 Å². The number of carbonyl (C=O) groups is 3. The van der Waals surface area contributed by atoms with Crippen LogP contribution in [0.4, 0.5) is 4.79 Å². The van der Waals surface area contributed by atoms with Crippen molar-refractivity contribution in [2.45, 2.75) is 45.4 Å². The molecular weight excluding hydrogens is 256 g/mol. The van der Waals surface area contributed by atoms with Crippen molar-refractivity contribution in [3.63, 3.8) is 0 Å². The molecule has 102 valence electrons. The number of nitrogens with one attached hydrogen (secondary N) is 2. The van der Waals surface area contributed by atoms with Crippen LogP contribution in [0, 0.1) is 0 Å². The first-order valence-electron chi connectivity index (χ1n) is 5.65. The average molecular weight is 274 g/mol. The molecular formula is C11H18N2O4S. The van der Waals surface area contributed by atoms with Crippen molar-refractivity contribution in [3.05, 3.63) is 0 Å². The van der Waals surface area contributed by atoms with E-state index in [0.717, 1.165) is 11.8 Å². The fraction of sp³-hybridized carbons (Fsp3) is 0.727. The number of hydrogen-bond donors (Lipinski definition) is 2. The summed E-state index contributed by atoms with van der Waals surface area (Å²) >= 11 is 1.05. The summed E-state index contributed by atoms with van der Waals surface area (Å²) in [6.07, 6.45) is 0. The van der Waals surface area contributed by atoms with Gasteiger partial charge in [-0.1, -0.05) is 11.8 Å². The molecule has 7 heteroatoms. The highest BCUT2D eigenvalue weighted by Gasteiger charge is 2.30. The van der Waals surface area contributed by atoms with E-state index in [1.54, 1.807) is 27.7 Å². The normalized spacial score (nSPS) is 21.1. The van der Waals surface area contributed by atoms with Crippen molar-refractivity contribution in [1.82, 2.24) is 10.6 Å². The predicted molar refractivity (Wildman–Crippen MR) is 68.2 cm³/mol. The second-order valence-electron chi connectivity index (χ2n) is 5.06. The Balaban J connectivity index is 2.44. The van der Waals surface area contributed by atoms with E-state index in [0.29, 0.717) is 5.75 Å². The van der Waals surface area contributed by atoms with E-state index in [-0.39, 0.29) is 11.1 Å². The van der Waals surface area contributed by atoms with Crippen LogP contribution in [0.3, 0.4) is 0 Å². The number of hydrogen-bond acceptors (Lipinski definition) is 5. The standard InChI is InChI=1S/C11H18N2O4S/c1-6(9(15)17-11(2,3)4)12-8(14)7-5-18-10(16)13-7/h6-7H,5H2,1-4H3,(H,12,14)(H,13,16)/t6-,7?/m0/s1. The number of rotatable bonds is 3. The molecule has 0 spiro atoms. The molecule has 1 aliphatic rings. The maximum absolute atomic E-state index is 11.7. The summed E-state index contributed by atoms with van der Waals surface area (Å²) in [5.74, 6) is -0.481. The zero-order valence-corrected chi connectivity index (χ0v) is 11.7. The van der Waals surface area contributed by atoms with E-state index in [1.165, 1.54) is 0 Å². The molecule has 18 heavy (non-hydrogen) atoms. The Morgan fingerprint density at radius 2 is 2.11 bits per heavy atom. The van der Waals surface area contributed by atoms with Crippen LogP contribution in [0.25, 0.3) is 0 Å². The SMILES string of the molecule is C[C@H](NC(=O)C1CSC(=O)N1)C(=O)OC(C)(C)C. The smallest absolute Gasteiger partial charge is 0.328 e. The summed E-state index contributed by atoms with van der Waals surface area (Å²) in [5, 5.41) is 4.81. The molecule has 2 atom stereocenters. The van der Waals surface area contributed by atoms with Gasteiger partial charge in [0.2, 0.25) is 5.91 Å². The van der Waals surface area contributed by atoms with Gasteiger partial charge in [-0.3, -0.25) is 9.59 Å². The van der Waals surface area contributed by atoms with Crippen LogP contribution >= 0.6 is 11.8 Å². The van der Waals surface area contributed by atoms with Gasteiger partial charge in [0.05, 0.1) is 0 Å². The van der Waals surface area contributed by atoms with E-state index in [2.05, 4.69) is 10.6 Å². The van der Waals surface area contributed by atoms with Crippen molar-refractivity contribution in [1.29, 1.82) is 0 Å². The fourth-order valence-corrected chi connectivity index (χ4v) is 2.07. The van der Waals surface area contributed by atoms with Crippen LogP contribution in [0.5, 0.6) is 0 Å². The number of esters is 1. The van der Waals surface area contributed by atoms with Gasteiger partial charge in [0, 0.05) is 5.75 Å². The van der Waals surface area contributed by atoms with Crippen LogP contribution < -0.4 is 10.6 Å². The molecule has 0 radical (unpaired) electrons. The Kier molecular flexibility index (Phi) is 4.61. The van der Waals surface area contributed by atoms with Gasteiger partial charge < -0.3 is 15.4 Å². The third-order valence-electron chi connectivity index (χ3n) is 2.11. The number of ether oxygens (including phenoxy) is 1. The summed E-state index contributed by atoms with van der Waals surface area (Å²) < 4.78 is 5.14. The number of amides is 2. The van der Waals surface area contributed by atoms with Gasteiger partial charge >= 0.3 is 5.97 Å². The zero-order valence-electron chi connectivity index (χ0n) is 10.9. The van der Waals surface area contributed by atoms with Gasteiger partial charge in [0.15, 0.2) is 0 Å². The lowest BCUT2D eigenvalue weighted by molar-refractivity contribution is -0.158. The Bertz CT molecular complexity index is 365. The fourth-order valence-electron chi connectivity index (χ4n) is 1.29. The molecule has 1 rings (SSSR count). The first-order valence-corrected chi connectivity index (χ1v) is 6.64. The maximum Gasteiger partial charge on any atom is 0.328 e. The molecule has 2 N–H and O–H groups in total. The van der Waals surface area contributed by atoms with Gasteiger partial charge in [0.1, 0.15) is 17.7 Å². The molecule has 1 unspecified atom stereocenters. The Morgan fingerprint density at radius 3 is 2.56 bits per heavy atom. The summed E-state index contributed by atoms with van der Waals surface area (Å²) in [4.78, 5) is 34.3. The van der Waals surface area contributed by atoms with Crippen LogP contribution in [-0.2, 0) is 14.3 Å². The monoisotopic (exact) mass is 274 g/mol. The highest BCUT2D eigenvalue weighted by Crippen LogP contribution is 2.13. The minimum absolute atomic E-state index is 0.222. The third-order valence-corrected chi connectivity index (χ3v) is 2.99. The first-order chi connectivity index (χ1) is 8.19. The van der Waals surface area contributed by atoms with E-state index in [9.17, 15) is 14.4 Å². The highest BCUT2D eigenvalue weighted by atomic mass is 32.2. The molecule has 0 aromatic rings. The van der Waals surface area contributed by atoms with Crippen LogP contribution in [-0.4, -0.2) is 40.6 Å². The first kappa shape index (κ1) is 14.8. The van der Waals surface area contributed by atoms with Gasteiger partial charge in [-0.25, -0.2) is 4.79 Å². The Hall–Kier alpha value is -1.24. The molecule has 0 saturated carbocycles. The molecule has 2 amide bonds. The average Bonchev–Trinajstić information content (AvgIpc) is 2.62. The van der Waals surface area contributed by atoms with Gasteiger partial charge in [0.25, 0.3) is 5.24 Å². The van der Waals surface area contributed by atoms with Crippen molar-refractivity contribution >= 4 is 28.9 Å². The summed E-state index contributed by atoms with van der Waals surface area (Å²) in [7, 11) is 0. The van der Waals surface area contributed by atoms with E-state index >= 15 is 0 Å². The van der Waals surface area contributed by atoms with Crippen molar-refractivity contribution in [2.75, 3.05) is 5.75 Å². The van der Waals surface area contributed by atoms with Crippen molar-refractivity contribution < 1.29 is 19.1 Å². The lowest BCUT2D eigenvalue weighted by atomic mass is 10.2. The minimum atomic E-state index is -0.737. The molecule has 6 nitrogen and oxygen atoms in total. The van der Waals surface area contributed by atoms with Gasteiger partial charge in [-0.05, 0) is 27.7 Å². The molecule has 0 bridgehead atoms. The number of carbonyl (C=O) groups excluding carboxylic acids is 3. The summed E-state index contributed by atoms with van der Waals surface area (Å²) in [6, 6.07) is -1.31. The third kappa shape index (κ3) is 4.56. The summed E-state index contributed by atoms with van der Waals surface area (Å²) in [6.45, 7) is 6.82. The molecule has 0 aromatic carbocycles. The molecule has 0 aromatic heterocycles. The minimum Gasteiger partial charge on any atom is -0.458 e. The second-order valence-corrected chi connectivity index (χ2v) is 6.05. The van der Waals surface area contributed by atoms with E-state index in [1.807, 2.05) is 0 Å². The molecule has 1 aliphatic heterocycles. The van der Waals surface area contributed by atoms with Crippen molar-refractivity contribution in [3.8, 4) is 0 Å². The molecule has 1 heterocycles. The zero-order chi connectivity index (χ0) is 13.9. The van der Waals surface area contributed by atoms with Gasteiger partial charge in [-0.15, -0.1) is 0 Å². The lowest BCUT2D eigenvalue weighted by Gasteiger charge is -2.23. The molecule has 0 aliphatic carbocycles. The number of thioether (sulfide) groups is 1. The van der Waals surface area contributed by atoms with E-state index < -0.39 is 23.7 Å². The molecule has 1 saturated heterocycles. The van der Waals surface area contributed by atoms with E-state index in [4.69, 9.17) is 4.74 Å². The summed E-state index contributed by atoms with van der Waals surface area (Å²) in [5.41, 5.74) is -0.590. The van der Waals surface area contributed by atoms with Crippen molar-refractivity contribution in [2.24, 2.45) is 0 Å². The van der Waals surface area contributed by atoms with Crippen LogP contribution in [0.15, 0.2) is 0 Å². The highest BCUT2D eigenvalue weighted by molar-refractivity contribution is 8.14. The lowest BCUT2D eigenvalue weighted by Crippen LogP contribution is -2.49. The quantitative estimate of drug-likeness (QED) is 0.738.